The number of carbonyl (C=O) groups excluding carboxylic acids is 1. The lowest BCUT2D eigenvalue weighted by molar-refractivity contribution is -0.155. The number of hydrogen-bond acceptors (Lipinski definition) is 4. The van der Waals surface area contributed by atoms with E-state index in [9.17, 15) is 14.7 Å². The van der Waals surface area contributed by atoms with Crippen molar-refractivity contribution < 1.29 is 24.2 Å². The number of methoxy groups -OCH3 is 1. The fourth-order valence-corrected chi connectivity index (χ4v) is 2.91. The summed E-state index contributed by atoms with van der Waals surface area (Å²) in [7, 11) is 1.58. The molecule has 0 amide bonds. The molecule has 0 aromatic heterocycles. The molecular weight excluding hydrogens is 260 g/mol. The molecule has 5 nitrogen and oxygen atoms in total. The standard InChI is InChI=1S/C15H26O5/c1-3-9-20-13(16)12(6-10-19-2)11-15(14(17)18)7-4-5-8-15/h12H,3-11H2,1-2H3,(H,17,18)/t12-/m1/s1. The lowest BCUT2D eigenvalue weighted by Crippen LogP contribution is -2.34. The zero-order valence-corrected chi connectivity index (χ0v) is 12.5. The molecule has 1 N–H and O–H groups in total. The van der Waals surface area contributed by atoms with Crippen LogP contribution in [0, 0.1) is 11.3 Å². The van der Waals surface area contributed by atoms with Gasteiger partial charge in [0.25, 0.3) is 0 Å². The van der Waals surface area contributed by atoms with E-state index in [2.05, 4.69) is 0 Å². The molecule has 5 heteroatoms. The van der Waals surface area contributed by atoms with Crippen LogP contribution < -0.4 is 0 Å². The van der Waals surface area contributed by atoms with Gasteiger partial charge in [0.15, 0.2) is 0 Å². The number of carbonyl (C=O) groups is 2. The lowest BCUT2D eigenvalue weighted by atomic mass is 9.77. The second-order valence-electron chi connectivity index (χ2n) is 5.64. The van der Waals surface area contributed by atoms with Crippen LogP contribution in [0.1, 0.15) is 51.9 Å². The minimum Gasteiger partial charge on any atom is -0.481 e. The molecule has 0 bridgehead atoms. The highest BCUT2D eigenvalue weighted by Gasteiger charge is 2.44. The summed E-state index contributed by atoms with van der Waals surface area (Å²) in [6.45, 7) is 2.77. The van der Waals surface area contributed by atoms with Crippen molar-refractivity contribution >= 4 is 11.9 Å². The van der Waals surface area contributed by atoms with Gasteiger partial charge in [0.05, 0.1) is 17.9 Å². The fraction of sp³-hybridized carbons (Fsp3) is 0.867. The molecule has 20 heavy (non-hydrogen) atoms. The van der Waals surface area contributed by atoms with Crippen LogP contribution in [0.25, 0.3) is 0 Å². The smallest absolute Gasteiger partial charge is 0.309 e. The zero-order chi connectivity index (χ0) is 15.0. The lowest BCUT2D eigenvalue weighted by Gasteiger charge is -2.28. The highest BCUT2D eigenvalue weighted by Crippen LogP contribution is 2.44. The van der Waals surface area contributed by atoms with Gasteiger partial charge in [0.2, 0.25) is 0 Å². The molecule has 0 aromatic rings. The molecule has 1 aliphatic carbocycles. The van der Waals surface area contributed by atoms with Gasteiger partial charge in [0.1, 0.15) is 0 Å². The number of rotatable bonds is 9. The Kier molecular flexibility index (Phi) is 6.99. The average molecular weight is 286 g/mol. The summed E-state index contributed by atoms with van der Waals surface area (Å²) in [5.41, 5.74) is -0.746. The van der Waals surface area contributed by atoms with Gasteiger partial charge in [-0.2, -0.15) is 0 Å². The van der Waals surface area contributed by atoms with Gasteiger partial charge in [-0.25, -0.2) is 0 Å². The summed E-state index contributed by atoms with van der Waals surface area (Å²) >= 11 is 0. The van der Waals surface area contributed by atoms with Crippen LogP contribution >= 0.6 is 0 Å². The van der Waals surface area contributed by atoms with Crippen LogP contribution in [-0.4, -0.2) is 37.4 Å². The molecule has 1 rings (SSSR count). The van der Waals surface area contributed by atoms with Crippen LogP contribution in [0.4, 0.5) is 0 Å². The Hall–Kier alpha value is -1.10. The molecule has 0 spiro atoms. The molecule has 116 valence electrons. The van der Waals surface area contributed by atoms with E-state index in [1.165, 1.54) is 0 Å². The van der Waals surface area contributed by atoms with Crippen molar-refractivity contribution in [2.75, 3.05) is 20.3 Å². The van der Waals surface area contributed by atoms with E-state index < -0.39 is 11.4 Å². The van der Waals surface area contributed by atoms with E-state index in [1.54, 1.807) is 7.11 Å². The third kappa shape index (κ3) is 4.47. The van der Waals surface area contributed by atoms with Gasteiger partial charge in [0, 0.05) is 13.7 Å². The van der Waals surface area contributed by atoms with Crippen LogP contribution in [0.5, 0.6) is 0 Å². The maximum atomic E-state index is 12.1. The number of hydrogen-bond donors (Lipinski definition) is 1. The average Bonchev–Trinajstić information content (AvgIpc) is 2.90. The first-order valence-electron chi connectivity index (χ1n) is 7.44. The third-order valence-electron chi connectivity index (χ3n) is 4.10. The van der Waals surface area contributed by atoms with E-state index in [0.717, 1.165) is 19.3 Å². The summed E-state index contributed by atoms with van der Waals surface area (Å²) in [5, 5.41) is 9.51. The topological polar surface area (TPSA) is 72.8 Å². The predicted molar refractivity (Wildman–Crippen MR) is 74.4 cm³/mol. The Morgan fingerprint density at radius 3 is 2.40 bits per heavy atom. The molecule has 1 atom stereocenters. The van der Waals surface area contributed by atoms with Gasteiger partial charge in [-0.05, 0) is 32.1 Å². The van der Waals surface area contributed by atoms with E-state index in [4.69, 9.17) is 9.47 Å². The number of esters is 1. The molecule has 0 unspecified atom stereocenters. The second kappa shape index (κ2) is 8.25. The first-order chi connectivity index (χ1) is 9.55. The molecular formula is C15H26O5. The number of carboxylic acid groups (broad SMARTS) is 1. The Balaban J connectivity index is 2.71. The molecule has 1 saturated carbocycles. The normalized spacial score (nSPS) is 18.7. The van der Waals surface area contributed by atoms with Crippen molar-refractivity contribution in [1.29, 1.82) is 0 Å². The van der Waals surface area contributed by atoms with Gasteiger partial charge >= 0.3 is 11.9 Å². The molecule has 0 aromatic carbocycles. The van der Waals surface area contributed by atoms with Gasteiger partial charge < -0.3 is 14.6 Å². The first kappa shape index (κ1) is 17.0. The van der Waals surface area contributed by atoms with E-state index in [-0.39, 0.29) is 11.9 Å². The maximum Gasteiger partial charge on any atom is 0.309 e. The van der Waals surface area contributed by atoms with Crippen molar-refractivity contribution in [3.63, 3.8) is 0 Å². The second-order valence-corrected chi connectivity index (χ2v) is 5.64. The monoisotopic (exact) mass is 286 g/mol. The quantitative estimate of drug-likeness (QED) is 0.660. The van der Waals surface area contributed by atoms with Gasteiger partial charge in [-0.1, -0.05) is 19.8 Å². The van der Waals surface area contributed by atoms with E-state index in [0.29, 0.717) is 38.9 Å². The Morgan fingerprint density at radius 1 is 1.25 bits per heavy atom. The molecule has 0 radical (unpaired) electrons. The van der Waals surface area contributed by atoms with Crippen molar-refractivity contribution in [1.82, 2.24) is 0 Å². The Morgan fingerprint density at radius 2 is 1.90 bits per heavy atom. The first-order valence-corrected chi connectivity index (χ1v) is 7.44. The Bertz CT molecular complexity index is 320. The third-order valence-corrected chi connectivity index (χ3v) is 4.10. The summed E-state index contributed by atoms with van der Waals surface area (Å²) < 4.78 is 10.2. The van der Waals surface area contributed by atoms with Crippen molar-refractivity contribution in [2.45, 2.75) is 51.9 Å². The van der Waals surface area contributed by atoms with E-state index in [1.807, 2.05) is 6.92 Å². The molecule has 1 aliphatic rings. The fourth-order valence-electron chi connectivity index (χ4n) is 2.91. The largest absolute Gasteiger partial charge is 0.481 e. The van der Waals surface area contributed by atoms with Crippen molar-refractivity contribution in [2.24, 2.45) is 11.3 Å². The van der Waals surface area contributed by atoms with Crippen molar-refractivity contribution in [3.05, 3.63) is 0 Å². The summed E-state index contributed by atoms with van der Waals surface area (Å²) in [4.78, 5) is 23.7. The van der Waals surface area contributed by atoms with Crippen LogP contribution in [0.3, 0.4) is 0 Å². The van der Waals surface area contributed by atoms with Crippen LogP contribution in [-0.2, 0) is 19.1 Å². The maximum absolute atomic E-state index is 12.1. The SMILES string of the molecule is CCCOC(=O)[C@H](CCOC)CC1(C(=O)O)CCCC1. The number of carboxylic acids is 1. The van der Waals surface area contributed by atoms with Crippen LogP contribution in [0.15, 0.2) is 0 Å². The van der Waals surface area contributed by atoms with Gasteiger partial charge in [-0.3, -0.25) is 9.59 Å². The summed E-state index contributed by atoms with van der Waals surface area (Å²) in [5.74, 6) is -1.44. The highest BCUT2D eigenvalue weighted by molar-refractivity contribution is 5.78. The number of aliphatic carboxylic acids is 1. The van der Waals surface area contributed by atoms with Crippen molar-refractivity contribution in [3.8, 4) is 0 Å². The Labute approximate surface area is 120 Å². The molecule has 1 fully saturated rings. The molecule has 0 heterocycles. The molecule has 0 saturated heterocycles. The summed E-state index contributed by atoms with van der Waals surface area (Å²) in [6, 6.07) is 0. The van der Waals surface area contributed by atoms with E-state index >= 15 is 0 Å². The minimum atomic E-state index is -0.777. The van der Waals surface area contributed by atoms with Gasteiger partial charge in [-0.15, -0.1) is 0 Å². The predicted octanol–water partition coefficient (Wildman–Crippen LogP) is 2.63. The number of ether oxygens (including phenoxy) is 2. The highest BCUT2D eigenvalue weighted by atomic mass is 16.5. The zero-order valence-electron chi connectivity index (χ0n) is 12.5. The summed E-state index contributed by atoms with van der Waals surface area (Å²) in [6.07, 6.45) is 4.83. The molecule has 0 aliphatic heterocycles. The minimum absolute atomic E-state index is 0.281. The van der Waals surface area contributed by atoms with Crippen LogP contribution in [0.2, 0.25) is 0 Å².